The number of para-hydroxylation sites is 2. The summed E-state index contributed by atoms with van der Waals surface area (Å²) in [6.07, 6.45) is 9.49. The largest absolute Gasteiger partial charge is 0.460 e. The fourth-order valence-electron chi connectivity index (χ4n) is 8.42. The van der Waals surface area contributed by atoms with Crippen molar-refractivity contribution < 1.29 is 8.83 Å². The van der Waals surface area contributed by atoms with Crippen LogP contribution in [0.1, 0.15) is 47.0 Å². The van der Waals surface area contributed by atoms with Gasteiger partial charge >= 0.3 is 0 Å². The predicted molar refractivity (Wildman–Crippen MR) is 197 cm³/mol. The zero-order chi connectivity index (χ0) is 33.5. The van der Waals surface area contributed by atoms with E-state index in [1.54, 1.807) is 0 Å². The van der Waals surface area contributed by atoms with Crippen LogP contribution in [0.25, 0.3) is 55.3 Å². The molecule has 3 atom stereocenters. The molecule has 5 aromatic carbocycles. The first-order chi connectivity index (χ1) is 24.6. The molecule has 0 bridgehead atoms. The number of anilines is 2. The molecular formula is C45H29N3O2. The molecule has 3 aliphatic rings. The van der Waals surface area contributed by atoms with Crippen molar-refractivity contribution in [3.8, 4) is 45.5 Å². The number of hydrogen-bond donors (Lipinski definition) is 0. The lowest BCUT2D eigenvalue weighted by Gasteiger charge is -2.31. The van der Waals surface area contributed by atoms with Gasteiger partial charge in [-0.1, -0.05) is 85.8 Å². The Balaban J connectivity index is 1.17. The van der Waals surface area contributed by atoms with Gasteiger partial charge in [-0.05, 0) is 70.8 Å². The van der Waals surface area contributed by atoms with E-state index in [1.807, 2.05) is 36.4 Å². The zero-order valence-corrected chi connectivity index (χ0v) is 27.2. The molecule has 1 aliphatic heterocycles. The summed E-state index contributed by atoms with van der Waals surface area (Å²) in [6.45, 7) is 2.19. The Kier molecular flexibility index (Phi) is 6.10. The van der Waals surface area contributed by atoms with E-state index in [-0.39, 0.29) is 17.9 Å². The van der Waals surface area contributed by atoms with Crippen molar-refractivity contribution in [3.05, 3.63) is 156 Å². The maximum absolute atomic E-state index is 10.5. The summed E-state index contributed by atoms with van der Waals surface area (Å²) in [5.41, 5.74) is 12.6. The molecule has 50 heavy (non-hydrogen) atoms. The Hall–Kier alpha value is -6.56. The quantitative estimate of drug-likeness (QED) is 0.191. The number of benzene rings is 5. The summed E-state index contributed by atoms with van der Waals surface area (Å²) in [5, 5.41) is 21.9. The minimum absolute atomic E-state index is 0.0720. The molecule has 7 aromatic rings. The summed E-state index contributed by atoms with van der Waals surface area (Å²) in [4.78, 5) is 2.36. The summed E-state index contributed by atoms with van der Waals surface area (Å²) < 4.78 is 13.2. The second kappa shape index (κ2) is 10.7. The van der Waals surface area contributed by atoms with Crippen LogP contribution >= 0.6 is 0 Å². The molecule has 0 fully saturated rings. The monoisotopic (exact) mass is 643 g/mol. The van der Waals surface area contributed by atoms with E-state index in [9.17, 15) is 10.5 Å². The van der Waals surface area contributed by atoms with E-state index in [2.05, 4.69) is 115 Å². The van der Waals surface area contributed by atoms with Gasteiger partial charge < -0.3 is 13.7 Å². The lowest BCUT2D eigenvalue weighted by Crippen LogP contribution is -2.29. The average molecular weight is 644 g/mol. The summed E-state index contributed by atoms with van der Waals surface area (Å²) in [6, 6.07) is 39.8. The molecule has 2 aromatic heterocycles. The number of fused-ring (bicyclic) bond motifs is 10. The molecule has 5 heteroatoms. The second-order valence-electron chi connectivity index (χ2n) is 13.5. The zero-order valence-electron chi connectivity index (χ0n) is 27.2. The number of hydrogen-bond acceptors (Lipinski definition) is 5. The fourth-order valence-corrected chi connectivity index (χ4v) is 8.42. The fraction of sp³-hybridized carbons (Fsp3) is 0.111. The molecule has 0 saturated carbocycles. The molecule has 0 N–H and O–H groups in total. The Morgan fingerprint density at radius 3 is 2.28 bits per heavy atom. The first-order valence-electron chi connectivity index (χ1n) is 17.0. The number of allylic oxidation sites excluding steroid dienone is 2. The van der Waals surface area contributed by atoms with Crippen LogP contribution in [-0.2, 0) is 6.42 Å². The predicted octanol–water partition coefficient (Wildman–Crippen LogP) is 11.3. The normalized spacial score (nSPS) is 18.4. The Morgan fingerprint density at radius 2 is 1.44 bits per heavy atom. The van der Waals surface area contributed by atoms with E-state index in [0.29, 0.717) is 11.1 Å². The third kappa shape index (κ3) is 4.04. The highest BCUT2D eigenvalue weighted by atomic mass is 16.3. The van der Waals surface area contributed by atoms with Crippen LogP contribution in [0, 0.1) is 22.7 Å². The number of nitriles is 2. The van der Waals surface area contributed by atoms with E-state index >= 15 is 0 Å². The third-order valence-electron chi connectivity index (χ3n) is 10.7. The van der Waals surface area contributed by atoms with Gasteiger partial charge in [-0.25, -0.2) is 0 Å². The highest BCUT2D eigenvalue weighted by Gasteiger charge is 2.39. The van der Waals surface area contributed by atoms with Crippen molar-refractivity contribution in [2.24, 2.45) is 0 Å². The highest BCUT2D eigenvalue weighted by Crippen LogP contribution is 2.53. The van der Waals surface area contributed by atoms with Gasteiger partial charge in [-0.3, -0.25) is 0 Å². The van der Waals surface area contributed by atoms with E-state index in [0.717, 1.165) is 84.6 Å². The van der Waals surface area contributed by atoms with Crippen LogP contribution in [0.5, 0.6) is 0 Å². The van der Waals surface area contributed by atoms with Crippen LogP contribution in [-0.4, -0.2) is 6.04 Å². The van der Waals surface area contributed by atoms with Crippen molar-refractivity contribution in [2.45, 2.75) is 31.2 Å². The molecule has 10 rings (SSSR count). The molecule has 2 unspecified atom stereocenters. The highest BCUT2D eigenvalue weighted by molar-refractivity contribution is 6.08. The number of furan rings is 2. The summed E-state index contributed by atoms with van der Waals surface area (Å²) in [5.74, 6) is 2.30. The molecule has 0 radical (unpaired) electrons. The van der Waals surface area contributed by atoms with Gasteiger partial charge in [0, 0.05) is 51.4 Å². The molecule has 0 spiro atoms. The lowest BCUT2D eigenvalue weighted by molar-refractivity contribution is 0.463. The van der Waals surface area contributed by atoms with Gasteiger partial charge in [0.15, 0.2) is 0 Å². The van der Waals surface area contributed by atoms with Gasteiger partial charge in [-0.2, -0.15) is 10.5 Å². The Morgan fingerprint density at radius 1 is 0.700 bits per heavy atom. The first-order valence-corrected chi connectivity index (χ1v) is 17.0. The van der Waals surface area contributed by atoms with E-state index < -0.39 is 0 Å². The summed E-state index contributed by atoms with van der Waals surface area (Å²) in [7, 11) is 0. The number of rotatable bonds is 3. The van der Waals surface area contributed by atoms with Crippen LogP contribution in [0.2, 0.25) is 0 Å². The van der Waals surface area contributed by atoms with Gasteiger partial charge in [0.1, 0.15) is 28.8 Å². The van der Waals surface area contributed by atoms with Crippen molar-refractivity contribution in [3.63, 3.8) is 0 Å². The minimum atomic E-state index is 0.0720. The SMILES string of the molecule is CC1Cc2oc3ccc(-c4cccc(C#N)c4N4c5ccccc5C5C=CC=C[C@H]54)cc3c2-c2c1oc1ccc(-c3ccc(C#N)cc3)cc21. The second-order valence-corrected chi connectivity index (χ2v) is 13.5. The van der Waals surface area contributed by atoms with Gasteiger partial charge in [0.25, 0.3) is 0 Å². The molecule has 0 saturated heterocycles. The van der Waals surface area contributed by atoms with Crippen molar-refractivity contribution in [1.82, 2.24) is 0 Å². The van der Waals surface area contributed by atoms with E-state index in [1.165, 1.54) is 5.56 Å². The average Bonchev–Trinajstić information content (AvgIpc) is 3.83. The topological polar surface area (TPSA) is 77.1 Å². The van der Waals surface area contributed by atoms with Crippen LogP contribution in [0.4, 0.5) is 11.4 Å². The van der Waals surface area contributed by atoms with Crippen molar-refractivity contribution in [2.75, 3.05) is 4.90 Å². The molecular weight excluding hydrogens is 615 g/mol. The summed E-state index contributed by atoms with van der Waals surface area (Å²) >= 11 is 0. The first kappa shape index (κ1) is 28.5. The van der Waals surface area contributed by atoms with Gasteiger partial charge in [0.05, 0.1) is 28.9 Å². The molecule has 236 valence electrons. The minimum Gasteiger partial charge on any atom is -0.460 e. The maximum Gasteiger partial charge on any atom is 0.134 e. The molecule has 5 nitrogen and oxygen atoms in total. The smallest absolute Gasteiger partial charge is 0.134 e. The van der Waals surface area contributed by atoms with Gasteiger partial charge in [-0.15, -0.1) is 0 Å². The number of nitrogens with zero attached hydrogens (tertiary/aromatic N) is 3. The van der Waals surface area contributed by atoms with Gasteiger partial charge in [0.2, 0.25) is 0 Å². The van der Waals surface area contributed by atoms with Crippen LogP contribution in [0.15, 0.2) is 136 Å². The maximum atomic E-state index is 10.5. The Bertz CT molecular complexity index is 2690. The third-order valence-corrected chi connectivity index (χ3v) is 10.7. The standard InChI is InChI=1S/C45H29N3O2/c1-26-21-41-42(43-36-22-29(17-19-40(36)50-45(26)43)28-15-13-27(24-46)14-16-28)35-23-30(18-20-39(35)49-41)32-10-6-7-31(25-47)44(32)48-37-11-4-2-8-33(37)34-9-3-5-12-38(34)48/h2-20,22-23,26,33,37H,21H2,1H3/t26?,33?,37-/m1/s1. The molecule has 2 aliphatic carbocycles. The molecule has 0 amide bonds. The molecule has 3 heterocycles. The van der Waals surface area contributed by atoms with Crippen molar-refractivity contribution >= 4 is 33.3 Å². The van der Waals surface area contributed by atoms with Crippen LogP contribution < -0.4 is 4.90 Å². The lowest BCUT2D eigenvalue weighted by atomic mass is 9.85. The van der Waals surface area contributed by atoms with Crippen LogP contribution in [0.3, 0.4) is 0 Å². The Labute approximate surface area is 289 Å². The van der Waals surface area contributed by atoms with Crippen molar-refractivity contribution in [1.29, 1.82) is 10.5 Å². The van der Waals surface area contributed by atoms with E-state index in [4.69, 9.17) is 8.83 Å².